The van der Waals surface area contributed by atoms with E-state index in [0.29, 0.717) is 21.6 Å². The van der Waals surface area contributed by atoms with Gasteiger partial charge in [-0.25, -0.2) is 5.43 Å². The summed E-state index contributed by atoms with van der Waals surface area (Å²) >= 11 is 11.9. The number of halogens is 2. The van der Waals surface area contributed by atoms with Crippen LogP contribution in [0.1, 0.15) is 5.76 Å². The summed E-state index contributed by atoms with van der Waals surface area (Å²) in [6.07, 6.45) is 1.31. The van der Waals surface area contributed by atoms with Gasteiger partial charge in [0.05, 0.1) is 21.2 Å². The number of amides is 1. The Hall–Kier alpha value is -3.36. The fraction of sp³-hybridized carbons (Fsp3) is 0.0526. The second-order valence-corrected chi connectivity index (χ2v) is 6.45. The van der Waals surface area contributed by atoms with Crippen LogP contribution < -0.4 is 10.2 Å². The number of para-hydroxylation sites is 2. The number of rotatable bonds is 7. The molecule has 8 nitrogen and oxygen atoms in total. The van der Waals surface area contributed by atoms with Crippen molar-refractivity contribution >= 4 is 41.0 Å². The molecule has 0 aliphatic rings. The number of hydrogen-bond donors (Lipinski definition) is 1. The Balaban J connectivity index is 1.55. The van der Waals surface area contributed by atoms with Crippen LogP contribution >= 0.6 is 23.2 Å². The smallest absolute Gasteiger partial charge is 0.310 e. The Morgan fingerprint density at radius 3 is 2.72 bits per heavy atom. The van der Waals surface area contributed by atoms with Crippen molar-refractivity contribution in [2.75, 3.05) is 6.61 Å². The first kappa shape index (κ1) is 20.4. The quantitative estimate of drug-likeness (QED) is 0.330. The van der Waals surface area contributed by atoms with Crippen LogP contribution in [0, 0.1) is 10.1 Å². The van der Waals surface area contributed by atoms with E-state index in [2.05, 4.69) is 10.5 Å². The molecular weight excluding hydrogens is 421 g/mol. The molecule has 29 heavy (non-hydrogen) atoms. The van der Waals surface area contributed by atoms with Crippen LogP contribution in [0.4, 0.5) is 5.69 Å². The van der Waals surface area contributed by atoms with E-state index in [-0.39, 0.29) is 11.4 Å². The Bertz CT molecular complexity index is 1080. The first-order valence-electron chi connectivity index (χ1n) is 8.17. The minimum absolute atomic E-state index is 0.00562. The number of carbonyl (C=O) groups is 1. The molecule has 1 aromatic heterocycles. The molecule has 1 amide bonds. The first-order chi connectivity index (χ1) is 13.9. The predicted molar refractivity (Wildman–Crippen MR) is 108 cm³/mol. The van der Waals surface area contributed by atoms with Crippen LogP contribution in [-0.4, -0.2) is 23.7 Å². The Morgan fingerprint density at radius 1 is 1.17 bits per heavy atom. The number of nitrogens with one attached hydrogen (secondary N) is 1. The Kier molecular flexibility index (Phi) is 6.48. The maximum Gasteiger partial charge on any atom is 0.310 e. The number of ether oxygens (including phenoxy) is 1. The molecule has 3 aromatic rings. The van der Waals surface area contributed by atoms with E-state index in [1.807, 2.05) is 0 Å². The monoisotopic (exact) mass is 433 g/mol. The Morgan fingerprint density at radius 2 is 1.97 bits per heavy atom. The number of carbonyl (C=O) groups excluding carboxylic acids is 1. The van der Waals surface area contributed by atoms with Gasteiger partial charge < -0.3 is 9.15 Å². The normalized spacial score (nSPS) is 10.8. The van der Waals surface area contributed by atoms with Crippen LogP contribution in [0.25, 0.3) is 11.3 Å². The van der Waals surface area contributed by atoms with Crippen molar-refractivity contribution in [2.24, 2.45) is 5.10 Å². The minimum atomic E-state index is -0.590. The fourth-order valence-corrected chi connectivity index (χ4v) is 2.60. The molecule has 0 saturated carbocycles. The van der Waals surface area contributed by atoms with Crippen LogP contribution in [0.2, 0.25) is 10.0 Å². The molecule has 0 fully saturated rings. The van der Waals surface area contributed by atoms with E-state index in [0.717, 1.165) is 5.56 Å². The average Bonchev–Trinajstić information content (AvgIpc) is 3.17. The van der Waals surface area contributed by atoms with Crippen LogP contribution in [-0.2, 0) is 4.79 Å². The van der Waals surface area contributed by atoms with Crippen molar-refractivity contribution in [3.8, 4) is 17.1 Å². The highest BCUT2D eigenvalue weighted by Gasteiger charge is 2.14. The van der Waals surface area contributed by atoms with Gasteiger partial charge in [-0.05, 0) is 36.4 Å². The maximum absolute atomic E-state index is 11.8. The van der Waals surface area contributed by atoms with E-state index in [1.54, 1.807) is 36.4 Å². The van der Waals surface area contributed by atoms with Gasteiger partial charge in [-0.15, -0.1) is 0 Å². The Labute approximate surface area is 174 Å². The average molecular weight is 434 g/mol. The summed E-state index contributed by atoms with van der Waals surface area (Å²) in [7, 11) is 0. The largest absolute Gasteiger partial charge is 0.477 e. The van der Waals surface area contributed by atoms with Crippen LogP contribution in [0.5, 0.6) is 5.75 Å². The van der Waals surface area contributed by atoms with Crippen molar-refractivity contribution in [3.63, 3.8) is 0 Å². The lowest BCUT2D eigenvalue weighted by Gasteiger charge is -2.05. The van der Waals surface area contributed by atoms with Gasteiger partial charge in [0.2, 0.25) is 0 Å². The van der Waals surface area contributed by atoms with E-state index < -0.39 is 17.4 Å². The van der Waals surface area contributed by atoms with Gasteiger partial charge in [0.15, 0.2) is 12.4 Å². The highest BCUT2D eigenvalue weighted by molar-refractivity contribution is 6.42. The number of benzene rings is 2. The molecule has 0 unspecified atom stereocenters. The van der Waals surface area contributed by atoms with E-state index in [4.69, 9.17) is 32.4 Å². The molecule has 0 bridgehead atoms. The van der Waals surface area contributed by atoms with Crippen molar-refractivity contribution in [3.05, 3.63) is 80.5 Å². The van der Waals surface area contributed by atoms with Gasteiger partial charge in [0.1, 0.15) is 11.5 Å². The van der Waals surface area contributed by atoms with E-state index >= 15 is 0 Å². The molecule has 0 atom stereocenters. The molecule has 0 saturated heterocycles. The number of nitrogens with zero attached hydrogens (tertiary/aromatic N) is 2. The second kappa shape index (κ2) is 9.22. The van der Waals surface area contributed by atoms with Gasteiger partial charge in [0.25, 0.3) is 5.91 Å². The standard InChI is InChI=1S/C19H13Cl2N3O5/c20-14-7-5-12(9-15(14)21)17-8-6-13(29-17)10-22-23-19(25)11-28-18-4-2-1-3-16(18)24(26)27/h1-10H,11H2,(H,23,25)/b22-10+. The molecule has 1 heterocycles. The molecule has 3 rings (SSSR count). The van der Waals surface area contributed by atoms with Gasteiger partial charge >= 0.3 is 5.69 Å². The van der Waals surface area contributed by atoms with Crippen molar-refractivity contribution < 1.29 is 18.9 Å². The predicted octanol–water partition coefficient (Wildman–Crippen LogP) is 4.69. The molecule has 0 radical (unpaired) electrons. The molecular formula is C19H13Cl2N3O5. The van der Waals surface area contributed by atoms with Crippen molar-refractivity contribution in [1.82, 2.24) is 5.43 Å². The molecule has 0 spiro atoms. The summed E-state index contributed by atoms with van der Waals surface area (Å²) in [5.41, 5.74) is 2.76. The van der Waals surface area contributed by atoms with Crippen LogP contribution in [0.15, 0.2) is 64.1 Å². The van der Waals surface area contributed by atoms with E-state index in [1.165, 1.54) is 24.4 Å². The van der Waals surface area contributed by atoms with Crippen molar-refractivity contribution in [2.45, 2.75) is 0 Å². The zero-order valence-corrected chi connectivity index (χ0v) is 16.2. The minimum Gasteiger partial charge on any atom is -0.477 e. The second-order valence-electron chi connectivity index (χ2n) is 5.64. The summed E-state index contributed by atoms with van der Waals surface area (Å²) in [6.45, 7) is -0.436. The third kappa shape index (κ3) is 5.34. The number of furan rings is 1. The summed E-state index contributed by atoms with van der Waals surface area (Å²) in [5.74, 6) is 0.353. The zero-order chi connectivity index (χ0) is 20.8. The lowest BCUT2D eigenvalue weighted by Crippen LogP contribution is -2.24. The van der Waals surface area contributed by atoms with Crippen LogP contribution in [0.3, 0.4) is 0 Å². The lowest BCUT2D eigenvalue weighted by molar-refractivity contribution is -0.385. The summed E-state index contributed by atoms with van der Waals surface area (Å²) in [4.78, 5) is 22.1. The SMILES string of the molecule is O=C(COc1ccccc1[N+](=O)[O-])N/N=C/c1ccc(-c2ccc(Cl)c(Cl)c2)o1. The summed E-state index contributed by atoms with van der Waals surface area (Å²) in [6, 6.07) is 14.2. The molecule has 1 N–H and O–H groups in total. The lowest BCUT2D eigenvalue weighted by atomic mass is 10.2. The third-order valence-corrected chi connectivity index (χ3v) is 4.37. The molecule has 10 heteroatoms. The summed E-state index contributed by atoms with van der Waals surface area (Å²) in [5, 5.41) is 15.5. The van der Waals surface area contributed by atoms with Gasteiger partial charge in [-0.2, -0.15) is 5.10 Å². The highest BCUT2D eigenvalue weighted by atomic mass is 35.5. The topological polar surface area (TPSA) is 107 Å². The number of hydrogen-bond acceptors (Lipinski definition) is 6. The molecule has 0 aliphatic carbocycles. The third-order valence-electron chi connectivity index (χ3n) is 3.63. The van der Waals surface area contributed by atoms with Gasteiger partial charge in [-0.3, -0.25) is 14.9 Å². The van der Waals surface area contributed by atoms with Gasteiger partial charge in [0, 0.05) is 11.6 Å². The van der Waals surface area contributed by atoms with Gasteiger partial charge in [-0.1, -0.05) is 35.3 Å². The fourth-order valence-electron chi connectivity index (χ4n) is 2.30. The summed E-state index contributed by atoms with van der Waals surface area (Å²) < 4.78 is 10.8. The number of nitro benzene ring substituents is 1. The molecule has 2 aromatic carbocycles. The maximum atomic E-state index is 11.8. The number of hydrazone groups is 1. The highest BCUT2D eigenvalue weighted by Crippen LogP contribution is 2.29. The zero-order valence-electron chi connectivity index (χ0n) is 14.7. The molecule has 0 aliphatic heterocycles. The number of nitro groups is 1. The van der Waals surface area contributed by atoms with E-state index in [9.17, 15) is 14.9 Å². The van der Waals surface area contributed by atoms with Crippen molar-refractivity contribution in [1.29, 1.82) is 0 Å². The molecule has 148 valence electrons. The first-order valence-corrected chi connectivity index (χ1v) is 8.93.